The molecule has 0 spiro atoms. The van der Waals surface area contributed by atoms with Crippen LogP contribution in [0.2, 0.25) is 5.02 Å². The molecule has 0 saturated heterocycles. The van der Waals surface area contributed by atoms with Gasteiger partial charge < -0.3 is 0 Å². The van der Waals surface area contributed by atoms with Gasteiger partial charge in [0.1, 0.15) is 5.69 Å². The van der Waals surface area contributed by atoms with Crippen LogP contribution in [0.15, 0.2) is 65.7 Å². The highest BCUT2D eigenvalue weighted by Gasteiger charge is 2.15. The smallest absolute Gasteiger partial charge is 0.271 e. The van der Waals surface area contributed by atoms with Gasteiger partial charge in [-0.3, -0.25) is 10.0 Å². The molecule has 150 valence electrons. The third-order valence-corrected chi connectivity index (χ3v) is 5.21. The highest BCUT2D eigenvalue weighted by Crippen LogP contribution is 2.32. The number of carbonyl (C=O) groups excluding carboxylic acids is 1. The molecule has 0 saturated carbocycles. The van der Waals surface area contributed by atoms with E-state index in [0.29, 0.717) is 21.3 Å². The molecule has 0 radical (unpaired) electrons. The number of amides is 1. The van der Waals surface area contributed by atoms with E-state index < -0.39 is 15.9 Å². The number of aromatic nitrogens is 2. The Balaban J connectivity index is 2.08. The third kappa shape index (κ3) is 4.90. The SMILES string of the molecule is CN(O)C(=O)C=Cn1cc(-c2ccc(Cl)cc2)c(-c2ccc(S(N)(=O)=O)cc2)n1. The van der Waals surface area contributed by atoms with E-state index >= 15 is 0 Å². The molecule has 0 bridgehead atoms. The number of primary sulfonamides is 1. The molecule has 3 N–H and O–H groups in total. The highest BCUT2D eigenvalue weighted by atomic mass is 35.5. The molecule has 1 aromatic heterocycles. The Bertz CT molecular complexity index is 1170. The summed E-state index contributed by atoms with van der Waals surface area (Å²) < 4.78 is 24.4. The number of benzene rings is 2. The van der Waals surface area contributed by atoms with Crippen molar-refractivity contribution < 1.29 is 18.4 Å². The van der Waals surface area contributed by atoms with Gasteiger partial charge in [0.25, 0.3) is 5.91 Å². The van der Waals surface area contributed by atoms with Gasteiger partial charge in [-0.1, -0.05) is 35.9 Å². The second kappa shape index (κ2) is 8.18. The van der Waals surface area contributed by atoms with Crippen LogP contribution in [0.1, 0.15) is 0 Å². The lowest BCUT2D eigenvalue weighted by Gasteiger charge is -2.04. The van der Waals surface area contributed by atoms with E-state index in [4.69, 9.17) is 21.9 Å². The lowest BCUT2D eigenvalue weighted by atomic mass is 10.0. The molecule has 1 amide bonds. The molecule has 3 rings (SSSR count). The summed E-state index contributed by atoms with van der Waals surface area (Å²) in [4.78, 5) is 11.6. The van der Waals surface area contributed by atoms with Crippen molar-refractivity contribution in [3.8, 4) is 22.4 Å². The topological polar surface area (TPSA) is 119 Å². The summed E-state index contributed by atoms with van der Waals surface area (Å²) >= 11 is 5.97. The summed E-state index contributed by atoms with van der Waals surface area (Å²) in [5.41, 5.74) is 2.77. The van der Waals surface area contributed by atoms with Crippen LogP contribution in [-0.2, 0) is 14.8 Å². The zero-order valence-electron chi connectivity index (χ0n) is 15.2. The van der Waals surface area contributed by atoms with E-state index in [9.17, 15) is 13.2 Å². The molecule has 0 unspecified atom stereocenters. The first kappa shape index (κ1) is 20.7. The number of likely N-dealkylation sites (N-methyl/N-ethyl adjacent to an activating group) is 1. The van der Waals surface area contributed by atoms with Crippen LogP contribution < -0.4 is 5.14 Å². The summed E-state index contributed by atoms with van der Waals surface area (Å²) in [5.74, 6) is -0.618. The van der Waals surface area contributed by atoms with Gasteiger partial charge in [0.2, 0.25) is 10.0 Å². The monoisotopic (exact) mass is 432 g/mol. The van der Waals surface area contributed by atoms with Crippen LogP contribution in [0.25, 0.3) is 28.6 Å². The fourth-order valence-electron chi connectivity index (χ4n) is 2.57. The van der Waals surface area contributed by atoms with Crippen molar-refractivity contribution in [1.29, 1.82) is 0 Å². The number of nitrogens with two attached hydrogens (primary N) is 1. The van der Waals surface area contributed by atoms with Crippen LogP contribution >= 0.6 is 11.6 Å². The van der Waals surface area contributed by atoms with Gasteiger partial charge >= 0.3 is 0 Å². The maximum atomic E-state index is 11.6. The Kier molecular flexibility index (Phi) is 5.85. The van der Waals surface area contributed by atoms with Crippen molar-refractivity contribution in [3.63, 3.8) is 0 Å². The van der Waals surface area contributed by atoms with Crippen molar-refractivity contribution in [2.75, 3.05) is 7.05 Å². The first-order chi connectivity index (χ1) is 13.6. The molecule has 0 aliphatic rings. The summed E-state index contributed by atoms with van der Waals surface area (Å²) in [5, 5.41) is 19.8. The number of halogens is 1. The van der Waals surface area contributed by atoms with Crippen molar-refractivity contribution in [2.24, 2.45) is 5.14 Å². The summed E-state index contributed by atoms with van der Waals surface area (Å²) in [6, 6.07) is 13.1. The second-order valence-electron chi connectivity index (χ2n) is 6.13. The minimum atomic E-state index is -3.81. The van der Waals surface area contributed by atoms with Gasteiger partial charge in [0, 0.05) is 41.7 Å². The maximum Gasteiger partial charge on any atom is 0.271 e. The van der Waals surface area contributed by atoms with Crippen molar-refractivity contribution >= 4 is 33.7 Å². The van der Waals surface area contributed by atoms with Crippen LogP contribution in [0.5, 0.6) is 0 Å². The molecular formula is C19H17ClN4O4S. The molecule has 1 heterocycles. The molecule has 0 aliphatic heterocycles. The van der Waals surface area contributed by atoms with E-state index in [0.717, 1.165) is 17.2 Å². The summed E-state index contributed by atoms with van der Waals surface area (Å²) in [6.07, 6.45) is 4.26. The van der Waals surface area contributed by atoms with Crippen LogP contribution in [0, 0.1) is 0 Å². The lowest BCUT2D eigenvalue weighted by molar-refractivity contribution is -0.153. The summed E-state index contributed by atoms with van der Waals surface area (Å²) in [6.45, 7) is 0. The number of sulfonamides is 1. The quantitative estimate of drug-likeness (QED) is 0.365. The molecule has 0 atom stereocenters. The van der Waals surface area contributed by atoms with E-state index in [1.807, 2.05) is 12.1 Å². The molecular weight excluding hydrogens is 416 g/mol. The molecule has 3 aromatic rings. The number of nitrogens with zero attached hydrogens (tertiary/aromatic N) is 3. The minimum absolute atomic E-state index is 0.00907. The zero-order chi connectivity index (χ0) is 21.2. The second-order valence-corrected chi connectivity index (χ2v) is 8.12. The number of hydrogen-bond acceptors (Lipinski definition) is 5. The average molecular weight is 433 g/mol. The van der Waals surface area contributed by atoms with Crippen LogP contribution in [0.3, 0.4) is 0 Å². The predicted octanol–water partition coefficient (Wildman–Crippen LogP) is 2.84. The normalized spacial score (nSPS) is 11.7. The molecule has 0 aliphatic carbocycles. The molecule has 10 heteroatoms. The molecule has 0 fully saturated rings. The fourth-order valence-corrected chi connectivity index (χ4v) is 3.21. The standard InChI is InChI=1S/C19H17ClN4O4S/c1-23(26)18(25)10-11-24-12-17(13-2-6-15(20)7-3-13)19(22-24)14-4-8-16(9-5-14)29(21,27)28/h2-12,26H,1H3,(H2,21,27,28). The third-order valence-electron chi connectivity index (χ3n) is 4.03. The summed E-state index contributed by atoms with van der Waals surface area (Å²) in [7, 11) is -2.59. The number of hydrogen-bond donors (Lipinski definition) is 2. The molecule has 29 heavy (non-hydrogen) atoms. The Morgan fingerprint density at radius 1 is 1.14 bits per heavy atom. The van der Waals surface area contributed by atoms with Gasteiger partial charge in [-0.25, -0.2) is 23.3 Å². The van der Waals surface area contributed by atoms with E-state index in [-0.39, 0.29) is 4.90 Å². The largest absolute Gasteiger partial charge is 0.286 e. The van der Waals surface area contributed by atoms with Gasteiger partial charge in [-0.15, -0.1) is 0 Å². The highest BCUT2D eigenvalue weighted by molar-refractivity contribution is 7.89. The maximum absolute atomic E-state index is 11.6. The predicted molar refractivity (Wildman–Crippen MR) is 109 cm³/mol. The first-order valence-electron chi connectivity index (χ1n) is 8.28. The number of rotatable bonds is 5. The fraction of sp³-hybridized carbons (Fsp3) is 0.0526. The van der Waals surface area contributed by atoms with E-state index in [1.165, 1.54) is 30.1 Å². The Labute approximate surface area is 172 Å². The van der Waals surface area contributed by atoms with Gasteiger partial charge in [0.15, 0.2) is 0 Å². The molecule has 8 nitrogen and oxygen atoms in total. The minimum Gasteiger partial charge on any atom is -0.286 e. The Hall–Kier alpha value is -2.98. The first-order valence-corrected chi connectivity index (χ1v) is 10.2. The lowest BCUT2D eigenvalue weighted by Crippen LogP contribution is -2.19. The van der Waals surface area contributed by atoms with E-state index in [1.54, 1.807) is 30.5 Å². The van der Waals surface area contributed by atoms with Crippen molar-refractivity contribution in [2.45, 2.75) is 4.90 Å². The Morgan fingerprint density at radius 2 is 1.72 bits per heavy atom. The Morgan fingerprint density at radius 3 is 2.28 bits per heavy atom. The van der Waals surface area contributed by atoms with E-state index in [2.05, 4.69) is 5.10 Å². The van der Waals surface area contributed by atoms with Crippen LogP contribution in [0.4, 0.5) is 0 Å². The number of hydroxylamine groups is 2. The van der Waals surface area contributed by atoms with Crippen LogP contribution in [-0.4, -0.2) is 41.4 Å². The van der Waals surface area contributed by atoms with Crippen molar-refractivity contribution in [3.05, 3.63) is 65.8 Å². The molecule has 2 aromatic carbocycles. The van der Waals surface area contributed by atoms with Gasteiger partial charge in [0.05, 0.1) is 4.90 Å². The van der Waals surface area contributed by atoms with Gasteiger partial charge in [-0.2, -0.15) is 5.10 Å². The number of carbonyl (C=O) groups is 1. The van der Waals surface area contributed by atoms with Gasteiger partial charge in [-0.05, 0) is 29.8 Å². The van der Waals surface area contributed by atoms with Crippen molar-refractivity contribution in [1.82, 2.24) is 14.8 Å². The average Bonchev–Trinajstić information content (AvgIpc) is 3.10. The zero-order valence-corrected chi connectivity index (χ0v) is 16.8.